The van der Waals surface area contributed by atoms with Gasteiger partial charge in [-0.2, -0.15) is 0 Å². The monoisotopic (exact) mass is 325 g/mol. The van der Waals surface area contributed by atoms with E-state index in [9.17, 15) is 4.39 Å². The zero-order valence-corrected chi connectivity index (χ0v) is 12.6. The van der Waals surface area contributed by atoms with E-state index in [1.165, 1.54) is 6.07 Å². The minimum absolute atomic E-state index is 0.250. The zero-order chi connectivity index (χ0) is 13.8. The standard InChI is InChI=1S/C14H17BrFN3/c1-3-9(7-17-2)14-18-8-13(19-14)11-6-10(15)4-5-12(11)16/h4-6,8-9,17H,3,7H2,1-2H3,(H,18,19). The lowest BCUT2D eigenvalue weighted by Crippen LogP contribution is -2.17. The van der Waals surface area contributed by atoms with Crippen molar-refractivity contribution in [1.29, 1.82) is 0 Å². The second-order valence-corrected chi connectivity index (χ2v) is 5.38. The van der Waals surface area contributed by atoms with Crippen LogP contribution < -0.4 is 5.32 Å². The lowest BCUT2D eigenvalue weighted by Gasteiger charge is -2.10. The molecular formula is C14H17BrFN3. The van der Waals surface area contributed by atoms with Gasteiger partial charge < -0.3 is 10.3 Å². The van der Waals surface area contributed by atoms with Crippen LogP contribution in [0.1, 0.15) is 25.1 Å². The Balaban J connectivity index is 2.32. The van der Waals surface area contributed by atoms with E-state index in [1.807, 2.05) is 7.05 Å². The van der Waals surface area contributed by atoms with Crippen molar-refractivity contribution in [3.8, 4) is 11.3 Å². The van der Waals surface area contributed by atoms with Crippen LogP contribution in [0.25, 0.3) is 11.3 Å². The van der Waals surface area contributed by atoms with Crippen LogP contribution in [0.5, 0.6) is 0 Å². The predicted molar refractivity (Wildman–Crippen MR) is 78.6 cm³/mol. The Morgan fingerprint density at radius 3 is 2.95 bits per heavy atom. The summed E-state index contributed by atoms with van der Waals surface area (Å²) in [5, 5.41) is 3.15. The summed E-state index contributed by atoms with van der Waals surface area (Å²) in [6, 6.07) is 4.89. The smallest absolute Gasteiger partial charge is 0.132 e. The van der Waals surface area contributed by atoms with Crippen molar-refractivity contribution in [2.45, 2.75) is 19.3 Å². The summed E-state index contributed by atoms with van der Waals surface area (Å²) in [4.78, 5) is 7.60. The van der Waals surface area contributed by atoms with Gasteiger partial charge in [0.25, 0.3) is 0 Å². The van der Waals surface area contributed by atoms with Crippen LogP contribution in [0, 0.1) is 5.82 Å². The van der Waals surface area contributed by atoms with Gasteiger partial charge in [-0.05, 0) is 31.7 Å². The van der Waals surface area contributed by atoms with Crippen LogP contribution in [-0.4, -0.2) is 23.6 Å². The quantitative estimate of drug-likeness (QED) is 0.880. The molecule has 0 aliphatic carbocycles. The Morgan fingerprint density at radius 1 is 1.47 bits per heavy atom. The molecule has 2 N–H and O–H groups in total. The molecule has 1 heterocycles. The number of aromatic nitrogens is 2. The van der Waals surface area contributed by atoms with Crippen molar-refractivity contribution in [3.63, 3.8) is 0 Å². The fourth-order valence-corrected chi connectivity index (χ4v) is 2.43. The predicted octanol–water partition coefficient (Wildman–Crippen LogP) is 3.69. The first-order valence-electron chi connectivity index (χ1n) is 6.30. The molecule has 3 nitrogen and oxygen atoms in total. The first kappa shape index (κ1) is 14.2. The summed E-state index contributed by atoms with van der Waals surface area (Å²) in [6.45, 7) is 2.97. The van der Waals surface area contributed by atoms with E-state index in [4.69, 9.17) is 0 Å². The molecule has 0 saturated carbocycles. The maximum absolute atomic E-state index is 13.8. The normalized spacial score (nSPS) is 12.6. The van der Waals surface area contributed by atoms with Gasteiger partial charge in [-0.3, -0.25) is 0 Å². The average molecular weight is 326 g/mol. The third kappa shape index (κ3) is 3.22. The first-order valence-corrected chi connectivity index (χ1v) is 7.10. The van der Waals surface area contributed by atoms with Crippen LogP contribution in [0.4, 0.5) is 4.39 Å². The van der Waals surface area contributed by atoms with Gasteiger partial charge in [-0.25, -0.2) is 9.37 Å². The van der Waals surface area contributed by atoms with E-state index in [0.717, 1.165) is 23.3 Å². The fraction of sp³-hybridized carbons (Fsp3) is 0.357. The van der Waals surface area contributed by atoms with Crippen LogP contribution in [0.2, 0.25) is 0 Å². The highest BCUT2D eigenvalue weighted by Crippen LogP contribution is 2.26. The van der Waals surface area contributed by atoms with E-state index in [1.54, 1.807) is 18.3 Å². The molecule has 0 amide bonds. The highest BCUT2D eigenvalue weighted by atomic mass is 79.9. The molecule has 0 radical (unpaired) electrons. The lowest BCUT2D eigenvalue weighted by molar-refractivity contribution is 0.585. The Kier molecular flexibility index (Phi) is 4.71. The molecule has 5 heteroatoms. The van der Waals surface area contributed by atoms with E-state index in [2.05, 4.69) is 38.1 Å². The number of nitrogens with one attached hydrogen (secondary N) is 2. The molecule has 19 heavy (non-hydrogen) atoms. The van der Waals surface area contributed by atoms with E-state index in [0.29, 0.717) is 17.2 Å². The molecule has 1 aromatic carbocycles. The van der Waals surface area contributed by atoms with Gasteiger partial charge >= 0.3 is 0 Å². The minimum Gasteiger partial charge on any atom is -0.342 e. The van der Waals surface area contributed by atoms with E-state index in [-0.39, 0.29) is 5.82 Å². The van der Waals surface area contributed by atoms with Gasteiger partial charge in [-0.1, -0.05) is 22.9 Å². The van der Waals surface area contributed by atoms with Gasteiger partial charge in [0.15, 0.2) is 0 Å². The highest BCUT2D eigenvalue weighted by molar-refractivity contribution is 9.10. The Morgan fingerprint density at radius 2 is 2.26 bits per heavy atom. The molecule has 0 bridgehead atoms. The molecule has 1 aromatic heterocycles. The summed E-state index contributed by atoms with van der Waals surface area (Å²) in [5.41, 5.74) is 1.25. The first-order chi connectivity index (χ1) is 9.15. The van der Waals surface area contributed by atoms with Gasteiger partial charge in [-0.15, -0.1) is 0 Å². The maximum atomic E-state index is 13.8. The van der Waals surface area contributed by atoms with E-state index >= 15 is 0 Å². The second-order valence-electron chi connectivity index (χ2n) is 4.47. The third-order valence-electron chi connectivity index (χ3n) is 3.14. The topological polar surface area (TPSA) is 40.7 Å². The van der Waals surface area contributed by atoms with Crippen LogP contribution in [-0.2, 0) is 0 Å². The average Bonchev–Trinajstić information content (AvgIpc) is 2.88. The number of H-pyrrole nitrogens is 1. The van der Waals surface area contributed by atoms with Gasteiger partial charge in [0.2, 0.25) is 0 Å². The number of benzene rings is 1. The molecular weight excluding hydrogens is 309 g/mol. The molecule has 0 saturated heterocycles. The number of imidazole rings is 1. The van der Waals surface area contributed by atoms with Crippen molar-refractivity contribution >= 4 is 15.9 Å². The molecule has 0 aliphatic rings. The molecule has 1 atom stereocenters. The summed E-state index contributed by atoms with van der Waals surface area (Å²) in [6.07, 6.45) is 2.67. The fourth-order valence-electron chi connectivity index (χ4n) is 2.07. The number of nitrogens with zero attached hydrogens (tertiary/aromatic N) is 1. The third-order valence-corrected chi connectivity index (χ3v) is 3.64. The SMILES string of the molecule is CCC(CNC)c1ncc(-c2cc(Br)ccc2F)[nH]1. The van der Waals surface area contributed by atoms with Crippen LogP contribution >= 0.6 is 15.9 Å². The second kappa shape index (κ2) is 6.30. The minimum atomic E-state index is -0.250. The summed E-state index contributed by atoms with van der Waals surface area (Å²) >= 11 is 3.36. The van der Waals surface area contributed by atoms with E-state index < -0.39 is 0 Å². The van der Waals surface area contributed by atoms with Crippen molar-refractivity contribution in [1.82, 2.24) is 15.3 Å². The van der Waals surface area contributed by atoms with Crippen LogP contribution in [0.3, 0.4) is 0 Å². The van der Waals surface area contributed by atoms with Crippen molar-refractivity contribution in [2.24, 2.45) is 0 Å². The van der Waals surface area contributed by atoms with Gasteiger partial charge in [0.05, 0.1) is 11.9 Å². The molecule has 1 unspecified atom stereocenters. The molecule has 0 aliphatic heterocycles. The number of hydrogen-bond donors (Lipinski definition) is 2. The number of halogens is 2. The lowest BCUT2D eigenvalue weighted by atomic mass is 10.1. The van der Waals surface area contributed by atoms with Gasteiger partial charge in [0.1, 0.15) is 11.6 Å². The Bertz CT molecular complexity index is 553. The van der Waals surface area contributed by atoms with Crippen molar-refractivity contribution < 1.29 is 4.39 Å². The molecule has 2 rings (SSSR count). The highest BCUT2D eigenvalue weighted by Gasteiger charge is 2.14. The molecule has 2 aromatic rings. The van der Waals surface area contributed by atoms with Crippen LogP contribution in [0.15, 0.2) is 28.9 Å². The molecule has 0 spiro atoms. The molecule has 102 valence electrons. The summed E-state index contributed by atoms with van der Waals surface area (Å²) < 4.78 is 14.7. The Labute approximate surface area is 120 Å². The van der Waals surface area contributed by atoms with Crippen molar-refractivity contribution in [3.05, 3.63) is 40.5 Å². The number of likely N-dealkylation sites (N-methyl/N-ethyl adjacent to an activating group) is 1. The summed E-state index contributed by atoms with van der Waals surface area (Å²) in [5.74, 6) is 0.959. The maximum Gasteiger partial charge on any atom is 0.132 e. The Hall–Kier alpha value is -1.20. The largest absolute Gasteiger partial charge is 0.342 e. The molecule has 0 fully saturated rings. The number of aromatic amines is 1. The zero-order valence-electron chi connectivity index (χ0n) is 11.0. The van der Waals surface area contributed by atoms with Gasteiger partial charge in [0, 0.05) is 22.5 Å². The number of rotatable bonds is 5. The summed E-state index contributed by atoms with van der Waals surface area (Å²) in [7, 11) is 1.92. The van der Waals surface area contributed by atoms with Crippen molar-refractivity contribution in [2.75, 3.05) is 13.6 Å². The number of hydrogen-bond acceptors (Lipinski definition) is 2.